The van der Waals surface area contributed by atoms with Gasteiger partial charge in [-0.25, -0.2) is 9.78 Å². The van der Waals surface area contributed by atoms with Crippen molar-refractivity contribution in [3.8, 4) is 0 Å². The maximum absolute atomic E-state index is 12.5. The van der Waals surface area contributed by atoms with Gasteiger partial charge in [0, 0.05) is 23.4 Å². The van der Waals surface area contributed by atoms with Gasteiger partial charge >= 0.3 is 5.97 Å². The fourth-order valence-electron chi connectivity index (χ4n) is 3.04. The molecule has 8 heteroatoms. The van der Waals surface area contributed by atoms with E-state index in [4.69, 9.17) is 9.26 Å². The Morgan fingerprint density at radius 1 is 1.03 bits per heavy atom. The second-order valence-corrected chi connectivity index (χ2v) is 7.01. The molecule has 0 atom stereocenters. The summed E-state index contributed by atoms with van der Waals surface area (Å²) in [4.78, 5) is 41.3. The van der Waals surface area contributed by atoms with Crippen molar-refractivity contribution in [2.45, 2.75) is 20.5 Å². The number of hydrogen-bond donors (Lipinski definition) is 1. The molecule has 0 aliphatic heterocycles. The van der Waals surface area contributed by atoms with E-state index < -0.39 is 11.5 Å². The maximum atomic E-state index is 12.5. The zero-order valence-electron chi connectivity index (χ0n) is 16.9. The van der Waals surface area contributed by atoms with E-state index in [2.05, 4.69) is 10.3 Å². The minimum absolute atomic E-state index is 0.172. The van der Waals surface area contributed by atoms with E-state index in [9.17, 15) is 14.4 Å². The van der Waals surface area contributed by atoms with Gasteiger partial charge in [-0.2, -0.15) is 0 Å². The summed E-state index contributed by atoms with van der Waals surface area (Å²) in [5.74, 6) is -0.327. The third-order valence-corrected chi connectivity index (χ3v) is 4.63. The summed E-state index contributed by atoms with van der Waals surface area (Å²) in [5, 5.41) is 2.81. The number of aryl methyl sites for hydroxylation is 2. The van der Waals surface area contributed by atoms with Crippen LogP contribution in [-0.4, -0.2) is 21.4 Å². The van der Waals surface area contributed by atoms with Gasteiger partial charge in [0.15, 0.2) is 5.65 Å². The van der Waals surface area contributed by atoms with Crippen LogP contribution < -0.4 is 10.9 Å². The first-order chi connectivity index (χ1) is 14.9. The lowest BCUT2D eigenvalue weighted by Gasteiger charge is -2.11. The van der Waals surface area contributed by atoms with Gasteiger partial charge in [-0.05, 0) is 43.7 Å². The first-order valence-electron chi connectivity index (χ1n) is 9.54. The molecule has 0 unspecified atom stereocenters. The third-order valence-electron chi connectivity index (χ3n) is 4.63. The van der Waals surface area contributed by atoms with E-state index in [-0.39, 0.29) is 18.1 Å². The Morgan fingerprint density at radius 2 is 1.81 bits per heavy atom. The first-order valence-corrected chi connectivity index (χ1v) is 9.54. The van der Waals surface area contributed by atoms with E-state index in [0.29, 0.717) is 28.4 Å². The van der Waals surface area contributed by atoms with Crippen LogP contribution in [0.1, 0.15) is 37.7 Å². The highest BCUT2D eigenvalue weighted by Gasteiger charge is 2.14. The van der Waals surface area contributed by atoms with E-state index >= 15 is 0 Å². The Bertz CT molecular complexity index is 1340. The minimum Gasteiger partial charge on any atom is -0.456 e. The number of nitrogens with one attached hydrogen (secondary N) is 1. The van der Waals surface area contributed by atoms with Crippen molar-refractivity contribution < 1.29 is 18.8 Å². The molecule has 0 radical (unpaired) electrons. The molecule has 4 rings (SSSR count). The van der Waals surface area contributed by atoms with E-state index in [0.717, 1.165) is 10.1 Å². The summed E-state index contributed by atoms with van der Waals surface area (Å²) >= 11 is 0. The summed E-state index contributed by atoms with van der Waals surface area (Å²) in [6.07, 6.45) is 0. The van der Waals surface area contributed by atoms with Crippen molar-refractivity contribution in [3.63, 3.8) is 0 Å². The molecular weight excluding hydrogens is 398 g/mol. The summed E-state index contributed by atoms with van der Waals surface area (Å²) < 4.78 is 11.6. The van der Waals surface area contributed by atoms with Crippen molar-refractivity contribution in [2.24, 2.45) is 0 Å². The predicted octanol–water partition coefficient (Wildman–Crippen LogP) is 3.51. The quantitative estimate of drug-likeness (QED) is 0.499. The second kappa shape index (κ2) is 8.27. The molecule has 0 saturated heterocycles. The standard InChI is InChI=1S/C23H19N3O5/c1-14-8-9-17(11-19(14)25-22(28)16-6-4-3-5-7-16)23(29)30-13-18-12-21(27)26-20(24-18)10-15(2)31-26/h3-12H,13H2,1-2H3,(H,25,28). The van der Waals surface area contributed by atoms with E-state index in [1.807, 2.05) is 13.0 Å². The molecule has 0 aliphatic carbocycles. The molecule has 0 saturated carbocycles. The number of carbonyl (C=O) groups is 2. The molecule has 4 aromatic rings. The number of rotatable bonds is 5. The summed E-state index contributed by atoms with van der Waals surface area (Å²) in [6, 6.07) is 16.6. The molecule has 156 valence electrons. The SMILES string of the molecule is Cc1cc2nc(COC(=O)c3ccc(C)c(NC(=O)c4ccccc4)c3)cc(=O)n2o1. The van der Waals surface area contributed by atoms with Crippen LogP contribution in [0.3, 0.4) is 0 Å². The molecule has 1 amide bonds. The molecule has 0 spiro atoms. The molecule has 2 aromatic heterocycles. The molecular formula is C23H19N3O5. The van der Waals surface area contributed by atoms with Crippen LogP contribution in [0.2, 0.25) is 0 Å². The third kappa shape index (κ3) is 4.37. The predicted molar refractivity (Wildman–Crippen MR) is 113 cm³/mol. The van der Waals surface area contributed by atoms with E-state index in [1.54, 1.807) is 55.5 Å². The molecule has 31 heavy (non-hydrogen) atoms. The zero-order chi connectivity index (χ0) is 22.0. The molecule has 1 N–H and O–H groups in total. The van der Waals surface area contributed by atoms with Gasteiger partial charge in [0.25, 0.3) is 11.5 Å². The number of nitrogens with zero attached hydrogens (tertiary/aromatic N) is 2. The molecule has 0 bridgehead atoms. The summed E-state index contributed by atoms with van der Waals surface area (Å²) in [5.41, 5.74) is 2.35. The van der Waals surface area contributed by atoms with Gasteiger partial charge in [0.1, 0.15) is 12.4 Å². The van der Waals surface area contributed by atoms with Gasteiger partial charge in [0.05, 0.1) is 11.3 Å². The van der Waals surface area contributed by atoms with Crippen LogP contribution in [-0.2, 0) is 11.3 Å². The number of aromatic nitrogens is 2. The van der Waals surface area contributed by atoms with Gasteiger partial charge in [0.2, 0.25) is 0 Å². The Kier molecular flexibility index (Phi) is 5.36. The number of benzene rings is 2. The summed E-state index contributed by atoms with van der Waals surface area (Å²) in [7, 11) is 0. The molecule has 2 aromatic carbocycles. The average Bonchev–Trinajstić information content (AvgIpc) is 3.15. The monoisotopic (exact) mass is 417 g/mol. The number of ether oxygens (including phenoxy) is 1. The average molecular weight is 417 g/mol. The lowest BCUT2D eigenvalue weighted by molar-refractivity contribution is 0.0467. The van der Waals surface area contributed by atoms with Crippen LogP contribution in [0, 0.1) is 13.8 Å². The topological polar surface area (TPSA) is 103 Å². The normalized spacial score (nSPS) is 10.8. The maximum Gasteiger partial charge on any atom is 0.338 e. The largest absolute Gasteiger partial charge is 0.456 e. The Morgan fingerprint density at radius 3 is 2.58 bits per heavy atom. The van der Waals surface area contributed by atoms with Crippen LogP contribution >= 0.6 is 0 Å². The zero-order valence-corrected chi connectivity index (χ0v) is 16.9. The van der Waals surface area contributed by atoms with Crippen LogP contribution in [0.4, 0.5) is 5.69 Å². The Balaban J connectivity index is 1.48. The number of hydrogen-bond acceptors (Lipinski definition) is 6. The summed E-state index contributed by atoms with van der Waals surface area (Å²) in [6.45, 7) is 3.36. The van der Waals surface area contributed by atoms with Crippen molar-refractivity contribution in [1.82, 2.24) is 9.56 Å². The van der Waals surface area contributed by atoms with Crippen molar-refractivity contribution >= 4 is 23.2 Å². The lowest BCUT2D eigenvalue weighted by atomic mass is 10.1. The number of esters is 1. The van der Waals surface area contributed by atoms with Crippen LogP contribution in [0.15, 0.2) is 70.0 Å². The molecule has 0 aliphatic rings. The second-order valence-electron chi connectivity index (χ2n) is 7.01. The van der Waals surface area contributed by atoms with Crippen molar-refractivity contribution in [3.05, 3.63) is 99.2 Å². The highest BCUT2D eigenvalue weighted by Crippen LogP contribution is 2.19. The minimum atomic E-state index is -0.597. The number of carbonyl (C=O) groups excluding carboxylic acids is 2. The number of anilines is 1. The smallest absolute Gasteiger partial charge is 0.338 e. The first kappa shape index (κ1) is 20.1. The van der Waals surface area contributed by atoms with E-state index in [1.165, 1.54) is 6.07 Å². The highest BCUT2D eigenvalue weighted by molar-refractivity contribution is 6.05. The molecule has 8 nitrogen and oxygen atoms in total. The van der Waals surface area contributed by atoms with Gasteiger partial charge < -0.3 is 14.6 Å². The van der Waals surface area contributed by atoms with Crippen LogP contribution in [0.25, 0.3) is 5.65 Å². The highest BCUT2D eigenvalue weighted by atomic mass is 16.5. The lowest BCUT2D eigenvalue weighted by Crippen LogP contribution is -2.15. The Labute approximate surface area is 177 Å². The number of amides is 1. The molecule has 0 fully saturated rings. The molecule has 2 heterocycles. The van der Waals surface area contributed by atoms with Gasteiger partial charge in [-0.1, -0.05) is 24.3 Å². The van der Waals surface area contributed by atoms with Gasteiger partial charge in [-0.15, -0.1) is 4.57 Å². The van der Waals surface area contributed by atoms with Crippen molar-refractivity contribution in [2.75, 3.05) is 5.32 Å². The fourth-order valence-corrected chi connectivity index (χ4v) is 3.04. The van der Waals surface area contributed by atoms with Crippen LogP contribution in [0.5, 0.6) is 0 Å². The Hall–Kier alpha value is -4.20. The van der Waals surface area contributed by atoms with Crippen molar-refractivity contribution in [1.29, 1.82) is 0 Å². The fraction of sp³-hybridized carbons (Fsp3) is 0.130. The van der Waals surface area contributed by atoms with Gasteiger partial charge in [-0.3, -0.25) is 9.59 Å². The number of fused-ring (bicyclic) bond motifs is 1.